The minimum Gasteiger partial charge on any atom is -0.457 e. The molecule has 8 nitrogen and oxygen atoms in total. The van der Waals surface area contributed by atoms with Crippen molar-refractivity contribution in [2.24, 2.45) is 11.7 Å². The fourth-order valence-corrected chi connectivity index (χ4v) is 7.02. The van der Waals surface area contributed by atoms with Crippen LogP contribution in [0.1, 0.15) is 25.7 Å². The van der Waals surface area contributed by atoms with Gasteiger partial charge in [0.25, 0.3) is 5.91 Å². The smallest absolute Gasteiger partial charge is 0.326 e. The van der Waals surface area contributed by atoms with E-state index in [0.717, 1.165) is 49.4 Å². The third-order valence-corrected chi connectivity index (χ3v) is 8.60. The van der Waals surface area contributed by atoms with Crippen LogP contribution in [0.4, 0.5) is 10.5 Å². The number of urea groups is 1. The van der Waals surface area contributed by atoms with Crippen LogP contribution in [0.25, 0.3) is 0 Å². The molecular formula is C26H29N5O3S. The molecule has 9 heteroatoms. The van der Waals surface area contributed by atoms with Crippen LogP contribution in [0.5, 0.6) is 11.5 Å². The number of para-hydroxylation sites is 1. The quantitative estimate of drug-likeness (QED) is 0.511. The molecule has 3 aliphatic heterocycles. The molecule has 5 atom stereocenters. The summed E-state index contributed by atoms with van der Waals surface area (Å²) in [7, 11) is 0. The minimum absolute atomic E-state index is 0.0244. The molecule has 6 rings (SSSR count). The lowest BCUT2D eigenvalue weighted by Crippen LogP contribution is -2.62. The molecule has 0 bridgehead atoms. The Morgan fingerprint density at radius 2 is 1.83 bits per heavy atom. The van der Waals surface area contributed by atoms with E-state index in [1.54, 1.807) is 0 Å². The van der Waals surface area contributed by atoms with E-state index < -0.39 is 0 Å². The van der Waals surface area contributed by atoms with Gasteiger partial charge in [0.1, 0.15) is 11.5 Å². The third-order valence-electron chi connectivity index (χ3n) is 7.25. The zero-order valence-corrected chi connectivity index (χ0v) is 20.1. The van der Waals surface area contributed by atoms with E-state index in [2.05, 4.69) is 16.0 Å². The second-order valence-corrected chi connectivity index (χ2v) is 10.7. The first-order valence-corrected chi connectivity index (χ1v) is 13.1. The Morgan fingerprint density at radius 3 is 2.57 bits per heavy atom. The maximum atomic E-state index is 13.3. The number of carbonyl (C=O) groups is 2. The fourth-order valence-electron chi connectivity index (χ4n) is 5.62. The number of piperidine rings is 1. The molecule has 1 saturated carbocycles. The number of hydrogen-bond acceptors (Lipinski definition) is 6. The Kier molecular flexibility index (Phi) is 5.91. The highest BCUT2D eigenvalue weighted by Gasteiger charge is 2.51. The molecule has 0 aromatic heterocycles. The van der Waals surface area contributed by atoms with Gasteiger partial charge in [-0.25, -0.2) is 4.79 Å². The van der Waals surface area contributed by atoms with Crippen LogP contribution in [-0.2, 0) is 4.79 Å². The summed E-state index contributed by atoms with van der Waals surface area (Å²) < 4.78 is 5.91. The van der Waals surface area contributed by atoms with Crippen molar-refractivity contribution in [2.45, 2.75) is 49.2 Å². The van der Waals surface area contributed by atoms with Gasteiger partial charge < -0.3 is 26.4 Å². The molecule has 3 amide bonds. The van der Waals surface area contributed by atoms with Crippen molar-refractivity contribution in [1.29, 1.82) is 0 Å². The number of amides is 3. The number of rotatable bonds is 5. The van der Waals surface area contributed by atoms with Gasteiger partial charge in [-0.15, -0.1) is 0 Å². The van der Waals surface area contributed by atoms with Gasteiger partial charge in [-0.3, -0.25) is 9.69 Å². The van der Waals surface area contributed by atoms with E-state index in [4.69, 9.17) is 10.5 Å². The van der Waals surface area contributed by atoms with Crippen LogP contribution in [0, 0.1) is 5.92 Å². The topological polar surface area (TPSA) is 109 Å². The standard InChI is InChI=1S/C26H29N5O3S/c27-15-6-7-16(14-15)29-24(32)23-22-21-20(12-13-28-25(21)35-23)31(26(33)30-22)17-8-10-19(11-9-17)34-18-4-2-1-3-5-18/h1-5,8-11,15-16,20-21,25,28H,6-7,12-14,27H2,(H,29,32)(H,30,33)/t15-,16+,20?,21?,25?/m0/s1. The highest BCUT2D eigenvalue weighted by atomic mass is 32.2. The number of thioether (sulfide) groups is 1. The lowest BCUT2D eigenvalue weighted by atomic mass is 9.86. The number of benzene rings is 2. The van der Waals surface area contributed by atoms with E-state index >= 15 is 0 Å². The zero-order chi connectivity index (χ0) is 23.9. The van der Waals surface area contributed by atoms with Gasteiger partial charge in [-0.2, -0.15) is 0 Å². The largest absolute Gasteiger partial charge is 0.457 e. The van der Waals surface area contributed by atoms with Gasteiger partial charge in [-0.05, 0) is 68.6 Å². The molecule has 1 aliphatic carbocycles. The molecule has 3 heterocycles. The molecule has 3 unspecified atom stereocenters. The second-order valence-electron chi connectivity index (χ2n) is 9.57. The molecule has 0 spiro atoms. The van der Waals surface area contributed by atoms with Gasteiger partial charge in [0.2, 0.25) is 0 Å². The third kappa shape index (κ3) is 4.28. The maximum absolute atomic E-state index is 13.3. The first-order valence-electron chi connectivity index (χ1n) is 12.2. The van der Waals surface area contributed by atoms with Crippen molar-refractivity contribution in [2.75, 3.05) is 11.4 Å². The van der Waals surface area contributed by atoms with Crippen LogP contribution in [0.15, 0.2) is 65.2 Å². The summed E-state index contributed by atoms with van der Waals surface area (Å²) in [6.07, 6.45) is 3.45. The maximum Gasteiger partial charge on any atom is 0.326 e. The molecule has 2 aromatic rings. The summed E-state index contributed by atoms with van der Waals surface area (Å²) in [6.45, 7) is 0.789. The van der Waals surface area contributed by atoms with E-state index in [1.807, 2.05) is 59.5 Å². The summed E-state index contributed by atoms with van der Waals surface area (Å²) in [4.78, 5) is 29.0. The Bertz CT molecular complexity index is 1160. The van der Waals surface area contributed by atoms with E-state index in [0.29, 0.717) is 10.7 Å². The first-order chi connectivity index (χ1) is 17.1. The van der Waals surface area contributed by atoms with Gasteiger partial charge in [-0.1, -0.05) is 30.0 Å². The van der Waals surface area contributed by atoms with E-state index in [-0.39, 0.29) is 41.4 Å². The van der Waals surface area contributed by atoms with Crippen molar-refractivity contribution < 1.29 is 14.3 Å². The van der Waals surface area contributed by atoms with E-state index in [9.17, 15) is 9.59 Å². The SMILES string of the molecule is N[C@H]1CC[C@@H](NC(=O)C2=C3NC(=O)N(c4ccc(Oc5ccccc5)cc4)C4CCNC(S2)C34)C1. The van der Waals surface area contributed by atoms with Gasteiger partial charge in [0, 0.05) is 29.4 Å². The lowest BCUT2D eigenvalue weighted by Gasteiger charge is -2.45. The Hall–Kier alpha value is -3.01. The number of ether oxygens (including phenoxy) is 1. The molecule has 35 heavy (non-hydrogen) atoms. The number of carbonyl (C=O) groups excluding carboxylic acids is 2. The molecule has 3 fully saturated rings. The fraction of sp³-hybridized carbons (Fsp3) is 0.385. The summed E-state index contributed by atoms with van der Waals surface area (Å²) in [5.41, 5.74) is 7.59. The number of nitrogens with zero attached hydrogens (tertiary/aromatic N) is 1. The Labute approximate surface area is 208 Å². The molecule has 2 saturated heterocycles. The summed E-state index contributed by atoms with van der Waals surface area (Å²) in [5.74, 6) is 1.40. The minimum atomic E-state index is -0.200. The first kappa shape index (κ1) is 22.5. The Morgan fingerprint density at radius 1 is 1.06 bits per heavy atom. The van der Waals surface area contributed by atoms with Crippen molar-refractivity contribution in [3.8, 4) is 11.5 Å². The number of nitrogens with two attached hydrogens (primary N) is 1. The lowest BCUT2D eigenvalue weighted by molar-refractivity contribution is -0.117. The van der Waals surface area contributed by atoms with Crippen molar-refractivity contribution in [1.82, 2.24) is 16.0 Å². The zero-order valence-electron chi connectivity index (χ0n) is 19.3. The summed E-state index contributed by atoms with van der Waals surface area (Å²) in [5, 5.41) is 9.80. The monoisotopic (exact) mass is 491 g/mol. The predicted molar refractivity (Wildman–Crippen MR) is 136 cm³/mol. The van der Waals surface area contributed by atoms with Crippen LogP contribution in [0.3, 0.4) is 0 Å². The second kappa shape index (κ2) is 9.22. The van der Waals surface area contributed by atoms with Crippen LogP contribution in [0.2, 0.25) is 0 Å². The summed E-state index contributed by atoms with van der Waals surface area (Å²) in [6, 6.07) is 17.2. The highest BCUT2D eigenvalue weighted by molar-refractivity contribution is 8.04. The van der Waals surface area contributed by atoms with Crippen molar-refractivity contribution >= 4 is 29.4 Å². The normalized spacial score (nSPS) is 29.6. The van der Waals surface area contributed by atoms with Crippen LogP contribution >= 0.6 is 11.8 Å². The predicted octanol–water partition coefficient (Wildman–Crippen LogP) is 3.27. The van der Waals surface area contributed by atoms with Gasteiger partial charge in [0.15, 0.2) is 0 Å². The summed E-state index contributed by atoms with van der Waals surface area (Å²) >= 11 is 1.53. The molecule has 2 aromatic carbocycles. The molecule has 4 aliphatic rings. The number of hydrogen-bond donors (Lipinski definition) is 4. The number of anilines is 1. The van der Waals surface area contributed by atoms with Crippen LogP contribution < -0.4 is 31.3 Å². The van der Waals surface area contributed by atoms with Gasteiger partial charge in [0.05, 0.1) is 16.3 Å². The Balaban J connectivity index is 1.22. The molecule has 5 N–H and O–H groups in total. The highest BCUT2D eigenvalue weighted by Crippen LogP contribution is 2.48. The average molecular weight is 492 g/mol. The van der Waals surface area contributed by atoms with E-state index in [1.165, 1.54) is 11.8 Å². The van der Waals surface area contributed by atoms with Gasteiger partial charge >= 0.3 is 6.03 Å². The molecule has 182 valence electrons. The molecule has 0 radical (unpaired) electrons. The van der Waals surface area contributed by atoms with Crippen molar-refractivity contribution in [3.63, 3.8) is 0 Å². The average Bonchev–Trinajstić information content (AvgIpc) is 3.44. The van der Waals surface area contributed by atoms with Crippen LogP contribution in [-0.4, -0.2) is 42.0 Å². The van der Waals surface area contributed by atoms with Crippen molar-refractivity contribution in [3.05, 3.63) is 65.2 Å². The number of nitrogens with one attached hydrogen (secondary N) is 3. The molecular weight excluding hydrogens is 462 g/mol.